The van der Waals surface area contributed by atoms with E-state index in [0.717, 1.165) is 6.42 Å². The zero-order valence-electron chi connectivity index (χ0n) is 14.5. The molecule has 7 heteroatoms. The van der Waals surface area contributed by atoms with E-state index in [0.29, 0.717) is 42.2 Å². The number of benzene rings is 1. The number of carbonyl (C=O) groups excluding carboxylic acids is 2. The van der Waals surface area contributed by atoms with Crippen LogP contribution in [0.2, 0.25) is 5.02 Å². The number of hydrogen-bond donors (Lipinski definition) is 2. The molecule has 0 spiro atoms. The minimum atomic E-state index is -1.06. The molecule has 25 heavy (non-hydrogen) atoms. The Hall–Kier alpha value is -2.08. The van der Waals surface area contributed by atoms with Crippen molar-refractivity contribution in [1.82, 2.24) is 0 Å². The van der Waals surface area contributed by atoms with E-state index < -0.39 is 11.4 Å². The summed E-state index contributed by atoms with van der Waals surface area (Å²) in [7, 11) is 0. The monoisotopic (exact) mass is 366 g/mol. The standard InChI is InChI=1S/C18H23ClN2O4/c1-3-18(4-2,17(24)25)11-15(22)20-12-7-8-14(13(19)10-12)21-9-5-6-16(21)23/h7-8,10H,3-6,9,11H2,1-2H3,(H,20,22)(H,24,25). The van der Waals surface area contributed by atoms with Gasteiger partial charge in [0.25, 0.3) is 0 Å². The van der Waals surface area contributed by atoms with Gasteiger partial charge in [0.2, 0.25) is 11.8 Å². The highest BCUT2D eigenvalue weighted by Crippen LogP contribution is 2.33. The molecule has 1 aliphatic heterocycles. The van der Waals surface area contributed by atoms with Crippen molar-refractivity contribution in [3.8, 4) is 0 Å². The first-order chi connectivity index (χ1) is 11.8. The molecule has 1 aliphatic rings. The number of carboxylic acids is 1. The maximum absolute atomic E-state index is 12.3. The molecule has 0 saturated carbocycles. The molecule has 0 aliphatic carbocycles. The average molecular weight is 367 g/mol. The van der Waals surface area contributed by atoms with Crippen LogP contribution in [0.5, 0.6) is 0 Å². The van der Waals surface area contributed by atoms with Crippen molar-refractivity contribution < 1.29 is 19.5 Å². The lowest BCUT2D eigenvalue weighted by Gasteiger charge is -2.26. The highest BCUT2D eigenvalue weighted by molar-refractivity contribution is 6.34. The topological polar surface area (TPSA) is 86.7 Å². The number of amides is 2. The molecule has 1 aromatic rings. The van der Waals surface area contributed by atoms with Gasteiger partial charge in [-0.25, -0.2) is 0 Å². The van der Waals surface area contributed by atoms with Gasteiger partial charge in [0.15, 0.2) is 0 Å². The summed E-state index contributed by atoms with van der Waals surface area (Å²) in [4.78, 5) is 37.2. The number of anilines is 2. The lowest BCUT2D eigenvalue weighted by molar-refractivity contribution is -0.151. The van der Waals surface area contributed by atoms with Crippen molar-refractivity contribution in [2.75, 3.05) is 16.8 Å². The van der Waals surface area contributed by atoms with Crippen LogP contribution in [0.1, 0.15) is 46.0 Å². The van der Waals surface area contributed by atoms with Crippen molar-refractivity contribution in [3.05, 3.63) is 23.2 Å². The molecular formula is C18H23ClN2O4. The lowest BCUT2D eigenvalue weighted by Crippen LogP contribution is -2.34. The summed E-state index contributed by atoms with van der Waals surface area (Å²) in [5.74, 6) is -1.29. The number of halogens is 1. The third kappa shape index (κ3) is 4.12. The molecule has 0 bridgehead atoms. The summed E-state index contributed by atoms with van der Waals surface area (Å²) in [5.41, 5.74) is 0.0524. The zero-order chi connectivity index (χ0) is 18.6. The summed E-state index contributed by atoms with van der Waals surface area (Å²) in [6.45, 7) is 4.17. The molecule has 6 nitrogen and oxygen atoms in total. The number of aliphatic carboxylic acids is 1. The number of nitrogens with one attached hydrogen (secondary N) is 1. The molecule has 0 atom stereocenters. The van der Waals surface area contributed by atoms with Gasteiger partial charge in [-0.1, -0.05) is 25.4 Å². The predicted molar refractivity (Wildman–Crippen MR) is 96.9 cm³/mol. The smallest absolute Gasteiger partial charge is 0.310 e. The number of hydrogen-bond acceptors (Lipinski definition) is 3. The molecule has 2 amide bonds. The molecule has 2 N–H and O–H groups in total. The Morgan fingerprint density at radius 2 is 2.00 bits per heavy atom. The summed E-state index contributed by atoms with van der Waals surface area (Å²) in [5, 5.41) is 12.5. The Morgan fingerprint density at radius 3 is 2.48 bits per heavy atom. The predicted octanol–water partition coefficient (Wildman–Crippen LogP) is 3.69. The third-order valence-electron chi connectivity index (χ3n) is 4.90. The van der Waals surface area contributed by atoms with Crippen LogP contribution in [0, 0.1) is 5.41 Å². The van der Waals surface area contributed by atoms with Gasteiger partial charge in [-0.05, 0) is 37.5 Å². The van der Waals surface area contributed by atoms with Crippen LogP contribution in [0.4, 0.5) is 11.4 Å². The van der Waals surface area contributed by atoms with Crippen LogP contribution >= 0.6 is 11.6 Å². The number of carbonyl (C=O) groups is 3. The fourth-order valence-corrected chi connectivity index (χ4v) is 3.38. The van der Waals surface area contributed by atoms with E-state index in [1.807, 2.05) is 0 Å². The van der Waals surface area contributed by atoms with Gasteiger partial charge in [0, 0.05) is 25.1 Å². The molecule has 0 radical (unpaired) electrons. The van der Waals surface area contributed by atoms with Crippen molar-refractivity contribution in [2.24, 2.45) is 5.41 Å². The molecule has 1 aromatic carbocycles. The van der Waals surface area contributed by atoms with Gasteiger partial charge in [0.1, 0.15) is 0 Å². The second kappa shape index (κ2) is 7.87. The van der Waals surface area contributed by atoms with Gasteiger partial charge < -0.3 is 15.3 Å². The fraction of sp³-hybridized carbons (Fsp3) is 0.500. The molecule has 1 fully saturated rings. The summed E-state index contributed by atoms with van der Waals surface area (Å²) < 4.78 is 0. The summed E-state index contributed by atoms with van der Waals surface area (Å²) in [6, 6.07) is 4.96. The quantitative estimate of drug-likeness (QED) is 0.770. The molecule has 1 saturated heterocycles. The van der Waals surface area contributed by atoms with Crippen LogP contribution in [0.25, 0.3) is 0 Å². The molecule has 136 valence electrons. The third-order valence-corrected chi connectivity index (χ3v) is 5.20. The molecule has 1 heterocycles. The molecular weight excluding hydrogens is 344 g/mol. The molecule has 0 aromatic heterocycles. The maximum atomic E-state index is 12.3. The van der Waals surface area contributed by atoms with E-state index in [2.05, 4.69) is 5.32 Å². The lowest BCUT2D eigenvalue weighted by atomic mass is 9.79. The van der Waals surface area contributed by atoms with Crippen LogP contribution in [-0.4, -0.2) is 29.4 Å². The van der Waals surface area contributed by atoms with Crippen molar-refractivity contribution in [2.45, 2.75) is 46.0 Å². The first kappa shape index (κ1) is 19.2. The molecule has 2 rings (SSSR count). The van der Waals surface area contributed by atoms with Gasteiger partial charge >= 0.3 is 5.97 Å². The van der Waals surface area contributed by atoms with Crippen LogP contribution in [-0.2, 0) is 14.4 Å². The fourth-order valence-electron chi connectivity index (χ4n) is 3.10. The Morgan fingerprint density at radius 1 is 1.32 bits per heavy atom. The van der Waals surface area contributed by atoms with Crippen molar-refractivity contribution in [3.63, 3.8) is 0 Å². The van der Waals surface area contributed by atoms with Gasteiger partial charge in [0.05, 0.1) is 16.1 Å². The normalized spacial score (nSPS) is 14.7. The van der Waals surface area contributed by atoms with E-state index in [9.17, 15) is 19.5 Å². The Labute approximate surface area is 152 Å². The first-order valence-corrected chi connectivity index (χ1v) is 8.84. The minimum Gasteiger partial charge on any atom is -0.481 e. The molecule has 0 unspecified atom stereocenters. The van der Waals surface area contributed by atoms with Gasteiger partial charge in [-0.3, -0.25) is 14.4 Å². The SMILES string of the molecule is CCC(CC)(CC(=O)Nc1ccc(N2CCCC2=O)c(Cl)c1)C(=O)O. The van der Waals surface area contributed by atoms with E-state index in [4.69, 9.17) is 11.6 Å². The van der Waals surface area contributed by atoms with E-state index >= 15 is 0 Å². The maximum Gasteiger partial charge on any atom is 0.310 e. The van der Waals surface area contributed by atoms with Gasteiger partial charge in [-0.15, -0.1) is 0 Å². The Kier molecular flexibility index (Phi) is 6.06. The zero-order valence-corrected chi connectivity index (χ0v) is 15.2. The highest BCUT2D eigenvalue weighted by Gasteiger charge is 2.37. The Bertz CT molecular complexity index is 686. The number of carboxylic acid groups (broad SMARTS) is 1. The second-order valence-electron chi connectivity index (χ2n) is 6.33. The largest absolute Gasteiger partial charge is 0.481 e. The Balaban J connectivity index is 2.10. The minimum absolute atomic E-state index is 0.0378. The van der Waals surface area contributed by atoms with Gasteiger partial charge in [-0.2, -0.15) is 0 Å². The van der Waals surface area contributed by atoms with E-state index in [1.54, 1.807) is 36.9 Å². The van der Waals surface area contributed by atoms with E-state index in [1.165, 1.54) is 0 Å². The van der Waals surface area contributed by atoms with Crippen LogP contribution in [0.3, 0.4) is 0 Å². The van der Waals surface area contributed by atoms with Crippen LogP contribution < -0.4 is 10.2 Å². The van der Waals surface area contributed by atoms with E-state index in [-0.39, 0.29) is 18.2 Å². The van der Waals surface area contributed by atoms with Crippen LogP contribution in [0.15, 0.2) is 18.2 Å². The first-order valence-electron chi connectivity index (χ1n) is 8.46. The second-order valence-corrected chi connectivity index (χ2v) is 6.74. The number of rotatable bonds is 7. The average Bonchev–Trinajstić information content (AvgIpc) is 2.98. The van der Waals surface area contributed by atoms with Crippen molar-refractivity contribution in [1.29, 1.82) is 0 Å². The number of nitrogens with zero attached hydrogens (tertiary/aromatic N) is 1. The highest BCUT2D eigenvalue weighted by atomic mass is 35.5. The summed E-state index contributed by atoms with van der Waals surface area (Å²) >= 11 is 6.26. The van der Waals surface area contributed by atoms with Crippen molar-refractivity contribution >= 4 is 40.8 Å². The summed E-state index contributed by atoms with van der Waals surface area (Å²) in [6.07, 6.45) is 1.98.